The van der Waals surface area contributed by atoms with Gasteiger partial charge in [-0.2, -0.15) is 0 Å². The number of nitrogens with zero attached hydrogens (tertiary/aromatic N) is 1. The van der Waals surface area contributed by atoms with E-state index in [1.54, 1.807) is 24.3 Å². The molecular weight excluding hydrogens is 393 g/mol. The maximum Gasteiger partial charge on any atom is 0.271 e. The van der Waals surface area contributed by atoms with Crippen molar-refractivity contribution in [1.29, 1.82) is 0 Å². The number of halogens is 3. The van der Waals surface area contributed by atoms with Crippen molar-refractivity contribution >= 4 is 45.7 Å². The maximum atomic E-state index is 11.5. The Morgan fingerprint density at radius 1 is 1.12 bits per heavy atom. The molecular formula is C16H12Cl3NO5. The highest BCUT2D eigenvalue weighted by Crippen LogP contribution is 2.29. The number of carbonyl (C=O) groups excluding carboxylic acids is 1. The second-order valence-electron chi connectivity index (χ2n) is 4.85. The van der Waals surface area contributed by atoms with Gasteiger partial charge in [0, 0.05) is 18.6 Å². The molecule has 0 bridgehead atoms. The quantitative estimate of drug-likeness (QED) is 0.356. The van der Waals surface area contributed by atoms with Crippen LogP contribution < -0.4 is 9.47 Å². The summed E-state index contributed by atoms with van der Waals surface area (Å²) in [5, 5.41) is 10.4. The van der Waals surface area contributed by atoms with Gasteiger partial charge in [0.1, 0.15) is 11.5 Å². The molecule has 0 saturated heterocycles. The lowest BCUT2D eigenvalue weighted by Crippen LogP contribution is -2.26. The van der Waals surface area contributed by atoms with E-state index in [0.717, 1.165) is 0 Å². The average Bonchev–Trinajstić information content (AvgIpc) is 2.56. The summed E-state index contributed by atoms with van der Waals surface area (Å²) in [6.07, 6.45) is -0.820. The fourth-order valence-electron chi connectivity index (χ4n) is 1.91. The number of ether oxygens (including phenoxy) is 2. The molecule has 1 unspecified atom stereocenters. The summed E-state index contributed by atoms with van der Waals surface area (Å²) in [5.74, 6) is 0.585. The zero-order chi connectivity index (χ0) is 18.4. The highest BCUT2D eigenvalue weighted by molar-refractivity contribution is 6.64. The Morgan fingerprint density at radius 2 is 1.84 bits per heavy atom. The normalized spacial score (nSPS) is 11.6. The third-order valence-electron chi connectivity index (χ3n) is 3.12. The van der Waals surface area contributed by atoms with Crippen molar-refractivity contribution in [3.8, 4) is 11.5 Å². The van der Waals surface area contributed by atoms with Crippen LogP contribution in [-0.4, -0.2) is 22.9 Å². The van der Waals surface area contributed by atoms with E-state index >= 15 is 0 Å². The molecule has 2 aromatic rings. The van der Waals surface area contributed by atoms with E-state index in [1.165, 1.54) is 18.2 Å². The molecule has 2 rings (SSSR count). The molecule has 2 aromatic carbocycles. The van der Waals surface area contributed by atoms with Crippen LogP contribution in [0.15, 0.2) is 42.5 Å². The predicted octanol–water partition coefficient (Wildman–Crippen LogP) is 4.88. The smallest absolute Gasteiger partial charge is 0.271 e. The van der Waals surface area contributed by atoms with Gasteiger partial charge in [0.15, 0.2) is 6.10 Å². The number of para-hydroxylation sites is 1. The number of hydrogen-bond donors (Lipinski definition) is 0. The lowest BCUT2D eigenvalue weighted by Gasteiger charge is -2.17. The number of hydrogen-bond acceptors (Lipinski definition) is 5. The summed E-state index contributed by atoms with van der Waals surface area (Å²) in [6.45, 7) is 0.0606. The molecule has 0 heterocycles. The van der Waals surface area contributed by atoms with Crippen LogP contribution >= 0.6 is 34.8 Å². The lowest BCUT2D eigenvalue weighted by molar-refractivity contribution is -0.384. The topological polar surface area (TPSA) is 78.7 Å². The van der Waals surface area contributed by atoms with E-state index in [-0.39, 0.29) is 29.5 Å². The Balaban J connectivity index is 1.97. The number of non-ortho nitro benzene ring substituents is 1. The number of nitro groups is 1. The van der Waals surface area contributed by atoms with Crippen LogP contribution in [0.1, 0.15) is 6.42 Å². The van der Waals surface area contributed by atoms with Crippen molar-refractivity contribution in [2.24, 2.45) is 0 Å². The number of rotatable bonds is 8. The minimum atomic E-state index is -0.960. The summed E-state index contributed by atoms with van der Waals surface area (Å²) in [5.41, 5.74) is -0.145. The molecule has 9 heteroatoms. The molecule has 0 aromatic heterocycles. The molecule has 0 spiro atoms. The number of nitro benzene ring substituents is 1. The fraction of sp³-hybridized carbons (Fsp3) is 0.188. The highest BCUT2D eigenvalue weighted by atomic mass is 35.5. The Labute approximate surface area is 158 Å². The highest BCUT2D eigenvalue weighted by Gasteiger charge is 2.20. The molecule has 0 radical (unpaired) electrons. The lowest BCUT2D eigenvalue weighted by atomic mass is 10.2. The van der Waals surface area contributed by atoms with Crippen LogP contribution in [0.5, 0.6) is 11.5 Å². The summed E-state index contributed by atoms with van der Waals surface area (Å²) in [4.78, 5) is 21.6. The first-order valence-corrected chi connectivity index (χ1v) is 8.19. The molecule has 0 aliphatic heterocycles. The zero-order valence-corrected chi connectivity index (χ0v) is 14.9. The predicted molar refractivity (Wildman–Crippen MR) is 94.9 cm³/mol. The molecule has 1 atom stereocenters. The van der Waals surface area contributed by atoms with Crippen LogP contribution in [-0.2, 0) is 4.79 Å². The van der Waals surface area contributed by atoms with E-state index in [2.05, 4.69) is 0 Å². The molecule has 6 nitrogen and oxygen atoms in total. The molecule has 0 amide bonds. The van der Waals surface area contributed by atoms with Crippen LogP contribution in [0.4, 0.5) is 5.69 Å². The van der Waals surface area contributed by atoms with Gasteiger partial charge in [-0.05, 0) is 29.8 Å². The fourth-order valence-corrected chi connectivity index (χ4v) is 2.47. The van der Waals surface area contributed by atoms with E-state index < -0.39 is 16.3 Å². The molecule has 25 heavy (non-hydrogen) atoms. The Morgan fingerprint density at radius 3 is 2.44 bits per heavy atom. The van der Waals surface area contributed by atoms with Crippen LogP contribution in [0, 0.1) is 10.1 Å². The third kappa shape index (κ3) is 5.49. The third-order valence-corrected chi connectivity index (χ3v) is 3.97. The molecule has 0 aliphatic rings. The Hall–Kier alpha value is -2.02. The molecule has 0 aliphatic carbocycles. The molecule has 0 saturated carbocycles. The Bertz CT molecular complexity index is 784. The van der Waals surface area contributed by atoms with Crippen molar-refractivity contribution < 1.29 is 19.2 Å². The number of benzene rings is 2. The monoisotopic (exact) mass is 403 g/mol. The van der Waals surface area contributed by atoms with Crippen molar-refractivity contribution in [1.82, 2.24) is 0 Å². The minimum absolute atomic E-state index is 0.0606. The van der Waals surface area contributed by atoms with Gasteiger partial charge in [-0.15, -0.1) is 0 Å². The molecule has 132 valence electrons. The van der Waals surface area contributed by atoms with E-state index in [1.807, 2.05) is 0 Å². The second kappa shape index (κ2) is 8.89. The summed E-state index contributed by atoms with van der Waals surface area (Å²) < 4.78 is 11.0. The SMILES string of the molecule is O=C(Cl)C(CCOc1ccc([N+](=O)[O-])cc1Cl)Oc1ccccc1Cl. The van der Waals surface area contributed by atoms with Crippen molar-refractivity contribution in [3.63, 3.8) is 0 Å². The van der Waals surface area contributed by atoms with Gasteiger partial charge in [0.25, 0.3) is 10.9 Å². The minimum Gasteiger partial charge on any atom is -0.492 e. The van der Waals surface area contributed by atoms with Crippen molar-refractivity contribution in [3.05, 3.63) is 62.6 Å². The second-order valence-corrected chi connectivity index (χ2v) is 6.04. The molecule has 0 fully saturated rings. The van der Waals surface area contributed by atoms with Gasteiger partial charge >= 0.3 is 0 Å². The van der Waals surface area contributed by atoms with Crippen molar-refractivity contribution in [2.75, 3.05) is 6.61 Å². The van der Waals surface area contributed by atoms with E-state index in [4.69, 9.17) is 44.3 Å². The van der Waals surface area contributed by atoms with Crippen LogP contribution in [0.3, 0.4) is 0 Å². The summed E-state index contributed by atoms with van der Waals surface area (Å²) in [6, 6.07) is 10.5. The van der Waals surface area contributed by atoms with Crippen LogP contribution in [0.2, 0.25) is 10.0 Å². The first kappa shape index (κ1) is 19.3. The van der Waals surface area contributed by atoms with Gasteiger partial charge in [-0.25, -0.2) is 0 Å². The van der Waals surface area contributed by atoms with Gasteiger partial charge in [-0.1, -0.05) is 35.3 Å². The largest absolute Gasteiger partial charge is 0.492 e. The van der Waals surface area contributed by atoms with Gasteiger partial charge in [0.05, 0.1) is 21.6 Å². The average molecular weight is 405 g/mol. The van der Waals surface area contributed by atoms with Gasteiger partial charge in [-0.3, -0.25) is 14.9 Å². The van der Waals surface area contributed by atoms with Gasteiger partial charge in [0.2, 0.25) is 0 Å². The maximum absolute atomic E-state index is 11.5. The standard InChI is InChI=1S/C16H12Cl3NO5/c17-11-3-1-2-4-14(11)25-15(16(19)21)7-8-24-13-6-5-10(20(22)23)9-12(13)18/h1-6,9,15H,7-8H2. The van der Waals surface area contributed by atoms with Gasteiger partial charge < -0.3 is 9.47 Å². The zero-order valence-electron chi connectivity index (χ0n) is 12.7. The first-order valence-electron chi connectivity index (χ1n) is 7.05. The van der Waals surface area contributed by atoms with Crippen molar-refractivity contribution in [2.45, 2.75) is 12.5 Å². The van der Waals surface area contributed by atoms with Crippen LogP contribution in [0.25, 0.3) is 0 Å². The van der Waals surface area contributed by atoms with E-state index in [0.29, 0.717) is 10.8 Å². The number of carbonyl (C=O) groups is 1. The van der Waals surface area contributed by atoms with E-state index in [9.17, 15) is 14.9 Å². The molecule has 0 N–H and O–H groups in total. The summed E-state index contributed by atoms with van der Waals surface area (Å²) >= 11 is 17.5. The first-order chi connectivity index (χ1) is 11.9. The summed E-state index contributed by atoms with van der Waals surface area (Å²) in [7, 11) is 0. The Kier molecular flexibility index (Phi) is 6.87.